The van der Waals surface area contributed by atoms with Gasteiger partial charge in [0.05, 0.1) is 12.5 Å². The molecule has 4 nitrogen and oxygen atoms in total. The fraction of sp³-hybridized carbons (Fsp3) is 0.833. The first-order valence-electron chi connectivity index (χ1n) is 6.13. The molecule has 16 heavy (non-hydrogen) atoms. The molecule has 4 heteroatoms. The van der Waals surface area contributed by atoms with Crippen molar-refractivity contribution in [3.05, 3.63) is 0 Å². The highest BCUT2D eigenvalue weighted by atomic mass is 16.5. The van der Waals surface area contributed by atoms with Gasteiger partial charge >= 0.3 is 5.97 Å². The van der Waals surface area contributed by atoms with Crippen LogP contribution in [0.2, 0.25) is 0 Å². The van der Waals surface area contributed by atoms with E-state index in [0.717, 1.165) is 19.3 Å². The second-order valence-electron chi connectivity index (χ2n) is 4.21. The first-order chi connectivity index (χ1) is 7.69. The number of hydrogen-bond donors (Lipinski definition) is 0. The lowest BCUT2D eigenvalue weighted by atomic mass is 10.1. The minimum atomic E-state index is -0.242. The average molecular weight is 227 g/mol. The molecule has 0 aromatic rings. The van der Waals surface area contributed by atoms with Gasteiger partial charge < -0.3 is 9.64 Å². The van der Waals surface area contributed by atoms with Crippen LogP contribution in [0, 0.1) is 5.92 Å². The summed E-state index contributed by atoms with van der Waals surface area (Å²) in [5.74, 6) is -0.382. The highest BCUT2D eigenvalue weighted by Crippen LogP contribution is 2.18. The third-order valence-corrected chi connectivity index (χ3v) is 2.92. The molecule has 0 N–H and O–H groups in total. The molecule has 1 aliphatic heterocycles. The van der Waals surface area contributed by atoms with E-state index in [1.54, 1.807) is 4.90 Å². The summed E-state index contributed by atoms with van der Waals surface area (Å²) in [6.07, 6.45) is 3.43. The zero-order chi connectivity index (χ0) is 12.0. The number of esters is 1. The van der Waals surface area contributed by atoms with Gasteiger partial charge in [-0.15, -0.1) is 0 Å². The minimum absolute atomic E-state index is 0.0676. The van der Waals surface area contributed by atoms with Gasteiger partial charge in [-0.3, -0.25) is 9.59 Å². The van der Waals surface area contributed by atoms with E-state index in [-0.39, 0.29) is 17.8 Å². The molecule has 1 unspecified atom stereocenters. The second-order valence-corrected chi connectivity index (χ2v) is 4.21. The molecule has 0 radical (unpaired) electrons. The lowest BCUT2D eigenvalue weighted by Crippen LogP contribution is -2.26. The maximum atomic E-state index is 11.6. The van der Waals surface area contributed by atoms with Crippen LogP contribution in [0.5, 0.6) is 0 Å². The molecular weight excluding hydrogens is 206 g/mol. The summed E-state index contributed by atoms with van der Waals surface area (Å²) >= 11 is 0. The Kier molecular flexibility index (Phi) is 5.29. The van der Waals surface area contributed by atoms with Crippen molar-refractivity contribution >= 4 is 11.9 Å². The lowest BCUT2D eigenvalue weighted by Gasteiger charge is -2.13. The number of hydrogen-bond acceptors (Lipinski definition) is 3. The third-order valence-electron chi connectivity index (χ3n) is 2.92. The number of rotatable bonds is 6. The Morgan fingerprint density at radius 2 is 2.19 bits per heavy atom. The van der Waals surface area contributed by atoms with Gasteiger partial charge in [-0.05, 0) is 13.3 Å². The number of carbonyl (C=O) groups is 2. The van der Waals surface area contributed by atoms with Gasteiger partial charge in [0.1, 0.15) is 0 Å². The third kappa shape index (κ3) is 3.51. The zero-order valence-electron chi connectivity index (χ0n) is 10.2. The van der Waals surface area contributed by atoms with Crippen LogP contribution in [0.4, 0.5) is 0 Å². The monoisotopic (exact) mass is 227 g/mol. The Morgan fingerprint density at radius 3 is 2.75 bits per heavy atom. The molecule has 0 aromatic carbocycles. The Balaban J connectivity index is 2.25. The maximum absolute atomic E-state index is 11.6. The van der Waals surface area contributed by atoms with Gasteiger partial charge in [-0.2, -0.15) is 0 Å². The minimum Gasteiger partial charge on any atom is -0.465 e. The SMILES string of the molecule is CCCCCOC(=O)C1CC(=O)N(CC)C1. The molecule has 1 atom stereocenters. The molecule has 0 bridgehead atoms. The number of nitrogens with zero attached hydrogens (tertiary/aromatic N) is 1. The van der Waals surface area contributed by atoms with E-state index in [9.17, 15) is 9.59 Å². The van der Waals surface area contributed by atoms with Crippen molar-refractivity contribution in [3.63, 3.8) is 0 Å². The molecule has 1 heterocycles. The molecule has 1 saturated heterocycles. The quantitative estimate of drug-likeness (QED) is 0.511. The van der Waals surface area contributed by atoms with Crippen LogP contribution in [0.1, 0.15) is 39.5 Å². The van der Waals surface area contributed by atoms with E-state index in [0.29, 0.717) is 26.1 Å². The standard InChI is InChI=1S/C12H21NO3/c1-3-5-6-7-16-12(15)10-8-11(14)13(4-2)9-10/h10H,3-9H2,1-2H3. The van der Waals surface area contributed by atoms with Crippen LogP contribution in [-0.2, 0) is 14.3 Å². The zero-order valence-corrected chi connectivity index (χ0v) is 10.2. The van der Waals surface area contributed by atoms with Crippen LogP contribution in [-0.4, -0.2) is 36.5 Å². The molecule has 92 valence electrons. The Bertz CT molecular complexity index is 253. The van der Waals surface area contributed by atoms with Crippen LogP contribution in [0.25, 0.3) is 0 Å². The molecule has 0 aromatic heterocycles. The van der Waals surface area contributed by atoms with Gasteiger partial charge in [0, 0.05) is 19.5 Å². The van der Waals surface area contributed by atoms with Crippen LogP contribution in [0.3, 0.4) is 0 Å². The fourth-order valence-corrected chi connectivity index (χ4v) is 1.88. The number of unbranched alkanes of at least 4 members (excludes halogenated alkanes) is 2. The van der Waals surface area contributed by atoms with E-state index < -0.39 is 0 Å². The van der Waals surface area contributed by atoms with Crippen molar-refractivity contribution in [2.75, 3.05) is 19.7 Å². The smallest absolute Gasteiger partial charge is 0.311 e. The summed E-state index contributed by atoms with van der Waals surface area (Å²) < 4.78 is 5.15. The molecule has 0 aliphatic carbocycles. The van der Waals surface area contributed by atoms with Gasteiger partial charge in [-0.1, -0.05) is 19.8 Å². The molecule has 1 amide bonds. The summed E-state index contributed by atoms with van der Waals surface area (Å²) in [6, 6.07) is 0. The first kappa shape index (κ1) is 13.0. The van der Waals surface area contributed by atoms with E-state index in [1.807, 2.05) is 6.92 Å². The molecule has 0 saturated carbocycles. The fourth-order valence-electron chi connectivity index (χ4n) is 1.88. The van der Waals surface area contributed by atoms with E-state index >= 15 is 0 Å². The summed E-state index contributed by atoms with van der Waals surface area (Å²) in [4.78, 5) is 24.7. The van der Waals surface area contributed by atoms with Crippen molar-refractivity contribution in [2.24, 2.45) is 5.92 Å². The second kappa shape index (κ2) is 6.51. The molecule has 1 aliphatic rings. The Hall–Kier alpha value is -1.06. The van der Waals surface area contributed by atoms with Crippen molar-refractivity contribution in [2.45, 2.75) is 39.5 Å². The summed E-state index contributed by atoms with van der Waals surface area (Å²) in [6.45, 7) is 5.73. The van der Waals surface area contributed by atoms with Crippen molar-refractivity contribution in [3.8, 4) is 0 Å². The van der Waals surface area contributed by atoms with Gasteiger partial charge in [0.15, 0.2) is 0 Å². The number of ether oxygens (including phenoxy) is 1. The predicted octanol–water partition coefficient (Wildman–Crippen LogP) is 1.59. The van der Waals surface area contributed by atoms with Crippen LogP contribution >= 0.6 is 0 Å². The van der Waals surface area contributed by atoms with E-state index in [4.69, 9.17) is 4.74 Å². The number of likely N-dealkylation sites (tertiary alicyclic amines) is 1. The van der Waals surface area contributed by atoms with Crippen molar-refractivity contribution in [1.82, 2.24) is 4.90 Å². The molecular formula is C12H21NO3. The van der Waals surface area contributed by atoms with Gasteiger partial charge in [-0.25, -0.2) is 0 Å². The summed E-state index contributed by atoms with van der Waals surface area (Å²) in [7, 11) is 0. The molecule has 0 spiro atoms. The topological polar surface area (TPSA) is 46.6 Å². The number of carbonyl (C=O) groups excluding carboxylic acids is 2. The maximum Gasteiger partial charge on any atom is 0.311 e. The van der Waals surface area contributed by atoms with Gasteiger partial charge in [0.25, 0.3) is 0 Å². The Morgan fingerprint density at radius 1 is 1.44 bits per heavy atom. The highest BCUT2D eigenvalue weighted by Gasteiger charge is 2.34. The van der Waals surface area contributed by atoms with E-state index in [2.05, 4.69) is 6.92 Å². The largest absolute Gasteiger partial charge is 0.465 e. The molecule has 1 rings (SSSR count). The van der Waals surface area contributed by atoms with Crippen LogP contribution in [0.15, 0.2) is 0 Å². The lowest BCUT2D eigenvalue weighted by molar-refractivity contribution is -0.148. The van der Waals surface area contributed by atoms with Crippen molar-refractivity contribution in [1.29, 1.82) is 0 Å². The highest BCUT2D eigenvalue weighted by molar-refractivity contribution is 5.86. The predicted molar refractivity (Wildman–Crippen MR) is 60.8 cm³/mol. The number of amides is 1. The Labute approximate surface area is 96.9 Å². The summed E-state index contributed by atoms with van der Waals surface area (Å²) in [5.41, 5.74) is 0. The first-order valence-corrected chi connectivity index (χ1v) is 6.13. The van der Waals surface area contributed by atoms with E-state index in [1.165, 1.54) is 0 Å². The van der Waals surface area contributed by atoms with Crippen molar-refractivity contribution < 1.29 is 14.3 Å². The normalized spacial score (nSPS) is 20.2. The average Bonchev–Trinajstić information content (AvgIpc) is 2.66. The summed E-state index contributed by atoms with van der Waals surface area (Å²) in [5, 5.41) is 0. The van der Waals surface area contributed by atoms with Gasteiger partial charge in [0.2, 0.25) is 5.91 Å². The van der Waals surface area contributed by atoms with Crippen LogP contribution < -0.4 is 0 Å². The molecule has 1 fully saturated rings.